The third-order valence-corrected chi connectivity index (χ3v) is 9.29. The van der Waals surface area contributed by atoms with E-state index in [1.165, 1.54) is 23.1 Å². The van der Waals surface area contributed by atoms with E-state index in [-0.39, 0.29) is 37.1 Å². The van der Waals surface area contributed by atoms with Crippen molar-refractivity contribution < 1.29 is 19.1 Å². The predicted octanol–water partition coefficient (Wildman–Crippen LogP) is 5.20. The zero-order valence-electron chi connectivity index (χ0n) is 23.9. The van der Waals surface area contributed by atoms with Gasteiger partial charge in [0.1, 0.15) is 5.00 Å². The first-order valence-corrected chi connectivity index (χ1v) is 15.7. The molecule has 2 aromatic heterocycles. The number of ether oxygens (including phenoxy) is 1. The van der Waals surface area contributed by atoms with Gasteiger partial charge in [0.05, 0.1) is 36.6 Å². The monoisotopic (exact) mass is 603 g/mol. The Morgan fingerprint density at radius 3 is 2.62 bits per heavy atom. The molecule has 1 aliphatic rings. The summed E-state index contributed by atoms with van der Waals surface area (Å²) in [5, 5.41) is 15.7. The van der Waals surface area contributed by atoms with E-state index in [4.69, 9.17) is 4.74 Å². The minimum absolute atomic E-state index is 0.0637. The van der Waals surface area contributed by atoms with Crippen LogP contribution < -0.4 is 10.6 Å². The number of amides is 2. The second-order valence-corrected chi connectivity index (χ2v) is 12.1. The van der Waals surface area contributed by atoms with E-state index in [2.05, 4.69) is 20.8 Å². The summed E-state index contributed by atoms with van der Waals surface area (Å²) in [6, 6.07) is 15.5. The van der Waals surface area contributed by atoms with Crippen LogP contribution in [0.4, 0.5) is 5.00 Å². The van der Waals surface area contributed by atoms with Gasteiger partial charge in [0.25, 0.3) is 0 Å². The number of carbonyl (C=O) groups is 3. The standard InChI is InChI=1S/C31H33N5O4S2/c1-4-40-30(39)28-22-13-9-15-24(22)42-29(28)33-27(38)18-41-31-35-34-25(36(31)23-14-8-10-19(2)20(23)3)17-32-26(37)16-21-11-6-5-7-12-21/h5-8,10-12,14H,4,9,13,15-18H2,1-3H3,(H,32,37)(H,33,38). The number of nitrogens with one attached hydrogen (secondary N) is 2. The zero-order chi connectivity index (χ0) is 29.6. The predicted molar refractivity (Wildman–Crippen MR) is 164 cm³/mol. The van der Waals surface area contributed by atoms with Crippen LogP contribution in [0.25, 0.3) is 5.69 Å². The van der Waals surface area contributed by atoms with Gasteiger partial charge in [-0.05, 0) is 68.4 Å². The molecule has 0 atom stereocenters. The van der Waals surface area contributed by atoms with E-state index in [9.17, 15) is 14.4 Å². The first kappa shape index (κ1) is 29.5. The first-order chi connectivity index (χ1) is 20.4. The first-order valence-electron chi connectivity index (χ1n) is 13.9. The van der Waals surface area contributed by atoms with Crippen molar-refractivity contribution in [3.63, 3.8) is 0 Å². The number of carbonyl (C=O) groups excluding carboxylic acids is 3. The second-order valence-electron chi connectivity index (χ2n) is 10.0. The fourth-order valence-electron chi connectivity index (χ4n) is 4.95. The Morgan fingerprint density at radius 2 is 1.83 bits per heavy atom. The van der Waals surface area contributed by atoms with E-state index in [1.54, 1.807) is 6.92 Å². The van der Waals surface area contributed by atoms with Crippen LogP contribution in [-0.4, -0.2) is 44.9 Å². The summed E-state index contributed by atoms with van der Waals surface area (Å²) >= 11 is 2.70. The number of aromatic nitrogens is 3. The Bertz CT molecular complexity index is 1610. The van der Waals surface area contributed by atoms with Gasteiger partial charge in [-0.2, -0.15) is 0 Å². The van der Waals surface area contributed by atoms with Crippen molar-refractivity contribution in [2.24, 2.45) is 0 Å². The summed E-state index contributed by atoms with van der Waals surface area (Å²) in [6.45, 7) is 6.29. The molecule has 0 unspecified atom stereocenters. The van der Waals surface area contributed by atoms with E-state index in [0.29, 0.717) is 21.5 Å². The SMILES string of the molecule is CCOC(=O)c1c(NC(=O)CSc2nnc(CNC(=O)Cc3ccccc3)n2-c2cccc(C)c2C)sc2c1CCC2. The van der Waals surface area contributed by atoms with Crippen molar-refractivity contribution in [1.29, 1.82) is 0 Å². The van der Waals surface area contributed by atoms with Crippen LogP contribution >= 0.6 is 23.1 Å². The number of hydrogen-bond acceptors (Lipinski definition) is 8. The van der Waals surface area contributed by atoms with Crippen molar-refractivity contribution >= 4 is 45.9 Å². The number of esters is 1. The maximum absolute atomic E-state index is 13.1. The number of nitrogens with zero attached hydrogens (tertiary/aromatic N) is 3. The highest BCUT2D eigenvalue weighted by Gasteiger charge is 2.28. The van der Waals surface area contributed by atoms with Gasteiger partial charge in [-0.25, -0.2) is 4.79 Å². The minimum atomic E-state index is -0.395. The lowest BCUT2D eigenvalue weighted by Crippen LogP contribution is -2.26. The van der Waals surface area contributed by atoms with Crippen molar-refractivity contribution in [3.8, 4) is 5.69 Å². The van der Waals surface area contributed by atoms with Gasteiger partial charge in [0.2, 0.25) is 11.8 Å². The average Bonchev–Trinajstić information content (AvgIpc) is 3.68. The second kappa shape index (κ2) is 13.3. The molecule has 2 heterocycles. The molecule has 0 saturated heterocycles. The van der Waals surface area contributed by atoms with Crippen LogP contribution in [0.2, 0.25) is 0 Å². The van der Waals surface area contributed by atoms with E-state index in [1.807, 2.05) is 66.9 Å². The van der Waals surface area contributed by atoms with Gasteiger partial charge in [-0.3, -0.25) is 14.2 Å². The molecule has 5 rings (SSSR count). The number of thiophene rings is 1. The minimum Gasteiger partial charge on any atom is -0.462 e. The molecule has 0 aliphatic heterocycles. The van der Waals surface area contributed by atoms with Crippen LogP contribution in [0.3, 0.4) is 0 Å². The maximum atomic E-state index is 13.1. The lowest BCUT2D eigenvalue weighted by atomic mass is 10.1. The molecule has 0 fully saturated rings. The molecule has 2 amide bonds. The quantitative estimate of drug-likeness (QED) is 0.179. The number of thioether (sulfide) groups is 1. The lowest BCUT2D eigenvalue weighted by molar-refractivity contribution is -0.120. The molecule has 11 heteroatoms. The highest BCUT2D eigenvalue weighted by molar-refractivity contribution is 7.99. The van der Waals surface area contributed by atoms with Crippen LogP contribution in [0.1, 0.15) is 56.7 Å². The Morgan fingerprint density at radius 1 is 1.02 bits per heavy atom. The number of hydrogen-bond donors (Lipinski definition) is 2. The Labute approximate surface area is 253 Å². The number of fused-ring (bicyclic) bond motifs is 1. The third-order valence-electron chi connectivity index (χ3n) is 7.15. The molecular weight excluding hydrogens is 571 g/mol. The zero-order valence-corrected chi connectivity index (χ0v) is 25.5. The van der Waals surface area contributed by atoms with Crippen LogP contribution in [0.15, 0.2) is 53.7 Å². The summed E-state index contributed by atoms with van der Waals surface area (Å²) in [6.07, 6.45) is 2.98. The highest BCUT2D eigenvalue weighted by Crippen LogP contribution is 2.39. The summed E-state index contributed by atoms with van der Waals surface area (Å²) in [5.41, 5.74) is 5.44. The Balaban J connectivity index is 1.32. The molecule has 4 aromatic rings. The average molecular weight is 604 g/mol. The molecule has 0 saturated carbocycles. The van der Waals surface area contributed by atoms with E-state index in [0.717, 1.165) is 52.1 Å². The Kier molecular flexibility index (Phi) is 9.38. The van der Waals surface area contributed by atoms with Crippen molar-refractivity contribution in [3.05, 3.63) is 87.0 Å². The fraction of sp³-hybridized carbons (Fsp3) is 0.323. The summed E-state index contributed by atoms with van der Waals surface area (Å²) in [5.74, 6) is -0.140. The number of anilines is 1. The van der Waals surface area contributed by atoms with Crippen LogP contribution in [-0.2, 0) is 40.1 Å². The van der Waals surface area contributed by atoms with Gasteiger partial charge < -0.3 is 15.4 Å². The largest absolute Gasteiger partial charge is 0.462 e. The topological polar surface area (TPSA) is 115 Å². The summed E-state index contributed by atoms with van der Waals surface area (Å²) in [7, 11) is 0. The molecule has 0 spiro atoms. The van der Waals surface area contributed by atoms with Crippen molar-refractivity contribution in [1.82, 2.24) is 20.1 Å². The highest BCUT2D eigenvalue weighted by atomic mass is 32.2. The van der Waals surface area contributed by atoms with Crippen molar-refractivity contribution in [2.45, 2.75) is 58.2 Å². The maximum Gasteiger partial charge on any atom is 0.341 e. The van der Waals surface area contributed by atoms with Crippen LogP contribution in [0, 0.1) is 13.8 Å². The third kappa shape index (κ3) is 6.57. The number of rotatable bonds is 11. The molecule has 1 aliphatic carbocycles. The van der Waals surface area contributed by atoms with E-state index >= 15 is 0 Å². The normalized spacial score (nSPS) is 12.2. The molecule has 42 heavy (non-hydrogen) atoms. The molecule has 0 radical (unpaired) electrons. The number of aryl methyl sites for hydroxylation is 2. The van der Waals surface area contributed by atoms with Crippen LogP contribution in [0.5, 0.6) is 0 Å². The van der Waals surface area contributed by atoms with E-state index < -0.39 is 5.97 Å². The molecule has 218 valence electrons. The number of benzene rings is 2. The Hall–Kier alpha value is -3.96. The molecule has 0 bridgehead atoms. The van der Waals surface area contributed by atoms with Gasteiger partial charge in [-0.15, -0.1) is 21.5 Å². The van der Waals surface area contributed by atoms with Gasteiger partial charge in [0.15, 0.2) is 11.0 Å². The molecular formula is C31H33N5O4S2. The summed E-state index contributed by atoms with van der Waals surface area (Å²) < 4.78 is 7.18. The van der Waals surface area contributed by atoms with Gasteiger partial charge >= 0.3 is 5.97 Å². The van der Waals surface area contributed by atoms with Crippen molar-refractivity contribution in [2.75, 3.05) is 17.7 Å². The summed E-state index contributed by atoms with van der Waals surface area (Å²) in [4.78, 5) is 39.6. The van der Waals surface area contributed by atoms with Gasteiger partial charge in [-0.1, -0.05) is 54.2 Å². The molecule has 9 nitrogen and oxygen atoms in total. The fourth-order valence-corrected chi connectivity index (χ4v) is 7.01. The molecule has 2 N–H and O–H groups in total. The molecule has 2 aromatic carbocycles. The smallest absolute Gasteiger partial charge is 0.341 e. The van der Waals surface area contributed by atoms with Gasteiger partial charge in [0, 0.05) is 4.88 Å². The lowest BCUT2D eigenvalue weighted by Gasteiger charge is -2.15.